The average Bonchev–Trinajstić information content (AvgIpc) is 2.69. The van der Waals surface area contributed by atoms with Crippen molar-refractivity contribution in [1.82, 2.24) is 0 Å². The minimum absolute atomic E-state index is 1.17. The molecule has 1 aliphatic heterocycles. The predicted molar refractivity (Wildman–Crippen MR) is 57.8 cm³/mol. The zero-order chi connectivity index (χ0) is 10.8. The van der Waals surface area contributed by atoms with Crippen LogP contribution in [0.5, 0.6) is 0 Å². The summed E-state index contributed by atoms with van der Waals surface area (Å²) in [5.41, 5.74) is 1.49. The first-order valence-electron chi connectivity index (χ1n) is 5.33. The standard InChI is InChI=1S/C11H19N.CN/c1-3-5-6-8-12-9-7-11(4-2)10-12;1-2/h7,9-10H,3-6,8H2,1-2H3;/q;-1/p+1. The number of unbranched alkanes of at least 4 members (excludes halogenated alkanes) is 2. The zero-order valence-corrected chi connectivity index (χ0v) is 9.21. The van der Waals surface area contributed by atoms with Crippen LogP contribution in [0.3, 0.4) is 0 Å². The SMILES string of the molecule is CCCCC[NH+]1C=CC(CC)=C1.[C-]#N. The molecular formula is C12H20N2. The van der Waals surface area contributed by atoms with E-state index in [4.69, 9.17) is 11.8 Å². The van der Waals surface area contributed by atoms with Crippen molar-refractivity contribution in [1.29, 1.82) is 5.26 Å². The fourth-order valence-corrected chi connectivity index (χ4v) is 1.50. The van der Waals surface area contributed by atoms with Gasteiger partial charge in [-0.05, 0) is 19.3 Å². The van der Waals surface area contributed by atoms with Gasteiger partial charge in [-0.25, -0.2) is 0 Å². The van der Waals surface area contributed by atoms with Crippen molar-refractivity contribution in [3.63, 3.8) is 0 Å². The Morgan fingerprint density at radius 1 is 1.29 bits per heavy atom. The molecule has 1 N–H and O–H groups in total. The van der Waals surface area contributed by atoms with Crippen LogP contribution in [0.1, 0.15) is 39.5 Å². The third-order valence-corrected chi connectivity index (χ3v) is 2.36. The highest BCUT2D eigenvalue weighted by Crippen LogP contribution is 2.01. The Hall–Kier alpha value is -1.07. The quantitative estimate of drug-likeness (QED) is 0.523. The molecule has 0 aromatic carbocycles. The molecule has 0 radical (unpaired) electrons. The van der Waals surface area contributed by atoms with Gasteiger partial charge in [0.05, 0.1) is 12.7 Å². The van der Waals surface area contributed by atoms with Crippen molar-refractivity contribution in [3.05, 3.63) is 30.6 Å². The van der Waals surface area contributed by atoms with Crippen molar-refractivity contribution >= 4 is 0 Å². The zero-order valence-electron chi connectivity index (χ0n) is 9.21. The highest BCUT2D eigenvalue weighted by Gasteiger charge is 2.08. The van der Waals surface area contributed by atoms with E-state index in [1.165, 1.54) is 42.7 Å². The van der Waals surface area contributed by atoms with Crippen LogP contribution >= 0.6 is 0 Å². The molecule has 78 valence electrons. The number of quaternary nitrogens is 1. The van der Waals surface area contributed by atoms with Gasteiger partial charge >= 0.3 is 0 Å². The van der Waals surface area contributed by atoms with E-state index in [0.29, 0.717) is 0 Å². The molecule has 1 heterocycles. The summed E-state index contributed by atoms with van der Waals surface area (Å²) < 4.78 is 0. The van der Waals surface area contributed by atoms with Crippen LogP contribution in [-0.4, -0.2) is 6.54 Å². The molecule has 0 amide bonds. The summed E-state index contributed by atoms with van der Waals surface area (Å²) in [4.78, 5) is 1.53. The fraction of sp³-hybridized carbons (Fsp3) is 0.583. The van der Waals surface area contributed by atoms with Crippen molar-refractivity contribution in [2.45, 2.75) is 39.5 Å². The van der Waals surface area contributed by atoms with E-state index in [-0.39, 0.29) is 0 Å². The molecule has 0 aromatic rings. The Morgan fingerprint density at radius 2 is 2.00 bits per heavy atom. The summed E-state index contributed by atoms with van der Waals surface area (Å²) in [6.07, 6.45) is 12.1. The fourth-order valence-electron chi connectivity index (χ4n) is 1.50. The van der Waals surface area contributed by atoms with E-state index in [1.807, 2.05) is 0 Å². The molecule has 0 spiro atoms. The van der Waals surface area contributed by atoms with Gasteiger partial charge < -0.3 is 11.8 Å². The second-order valence-corrected chi connectivity index (χ2v) is 3.44. The number of allylic oxidation sites excluding steroid dienone is 2. The van der Waals surface area contributed by atoms with Crippen LogP contribution in [0.15, 0.2) is 24.0 Å². The van der Waals surface area contributed by atoms with Crippen molar-refractivity contribution < 1.29 is 4.90 Å². The Bertz CT molecular complexity index is 214. The van der Waals surface area contributed by atoms with Crippen molar-refractivity contribution in [3.8, 4) is 0 Å². The smallest absolute Gasteiger partial charge is 0.102 e. The second-order valence-electron chi connectivity index (χ2n) is 3.44. The van der Waals surface area contributed by atoms with Crippen molar-refractivity contribution in [2.24, 2.45) is 0 Å². The van der Waals surface area contributed by atoms with Crippen LogP contribution in [-0.2, 0) is 0 Å². The number of nitrogens with one attached hydrogen (secondary N) is 1. The third kappa shape index (κ3) is 4.84. The van der Waals surface area contributed by atoms with Crippen LogP contribution in [0.25, 0.3) is 0 Å². The lowest BCUT2D eigenvalue weighted by atomic mass is 10.2. The summed E-state index contributed by atoms with van der Waals surface area (Å²) in [5, 5.41) is 6.25. The van der Waals surface area contributed by atoms with Gasteiger partial charge in [-0.2, -0.15) is 0 Å². The number of nitrogens with zero attached hydrogens (tertiary/aromatic N) is 1. The van der Waals surface area contributed by atoms with Crippen LogP contribution in [0, 0.1) is 11.8 Å². The monoisotopic (exact) mass is 192 g/mol. The molecular weight excluding hydrogens is 172 g/mol. The first kappa shape index (κ1) is 12.9. The molecule has 14 heavy (non-hydrogen) atoms. The summed E-state index contributed by atoms with van der Waals surface area (Å²) in [6, 6.07) is 0. The second kappa shape index (κ2) is 8.52. The van der Waals surface area contributed by atoms with Crippen LogP contribution < -0.4 is 4.90 Å². The maximum Gasteiger partial charge on any atom is 0.102 e. The van der Waals surface area contributed by atoms with Crippen LogP contribution in [0.4, 0.5) is 0 Å². The van der Waals surface area contributed by atoms with E-state index in [1.54, 1.807) is 0 Å². The van der Waals surface area contributed by atoms with Gasteiger partial charge in [0.15, 0.2) is 0 Å². The van der Waals surface area contributed by atoms with E-state index in [0.717, 1.165) is 0 Å². The first-order chi connectivity index (χ1) is 6.86. The minimum Gasteiger partial charge on any atom is -0.512 e. The van der Waals surface area contributed by atoms with E-state index >= 15 is 0 Å². The molecule has 0 fully saturated rings. The van der Waals surface area contributed by atoms with Gasteiger partial charge in [-0.15, -0.1) is 0 Å². The predicted octanol–water partition coefficient (Wildman–Crippen LogP) is 1.98. The van der Waals surface area contributed by atoms with Gasteiger partial charge in [-0.3, -0.25) is 4.90 Å². The molecule has 1 atom stereocenters. The maximum atomic E-state index is 6.25. The van der Waals surface area contributed by atoms with Gasteiger partial charge in [-0.1, -0.05) is 20.3 Å². The molecule has 0 saturated heterocycles. The molecule has 1 aliphatic rings. The molecule has 0 saturated carbocycles. The Labute approximate surface area is 87.5 Å². The molecule has 1 unspecified atom stereocenters. The van der Waals surface area contributed by atoms with Crippen LogP contribution in [0.2, 0.25) is 0 Å². The first-order valence-corrected chi connectivity index (χ1v) is 5.33. The van der Waals surface area contributed by atoms with E-state index in [2.05, 4.69) is 32.3 Å². The molecule has 0 aliphatic carbocycles. The summed E-state index contributed by atoms with van der Waals surface area (Å²) in [7, 11) is 0. The maximum absolute atomic E-state index is 6.25. The minimum atomic E-state index is 1.17. The molecule has 0 aromatic heterocycles. The largest absolute Gasteiger partial charge is 0.512 e. The molecule has 0 bridgehead atoms. The molecule has 2 heteroatoms. The van der Waals surface area contributed by atoms with Gasteiger partial charge in [0.25, 0.3) is 0 Å². The molecule has 1 rings (SSSR count). The lowest BCUT2D eigenvalue weighted by Gasteiger charge is -2.05. The summed E-state index contributed by atoms with van der Waals surface area (Å²) in [5.74, 6) is 0. The average molecular weight is 192 g/mol. The number of hydrogen-bond acceptors (Lipinski definition) is 1. The van der Waals surface area contributed by atoms with Gasteiger partial charge in [0.1, 0.15) is 6.20 Å². The normalized spacial score (nSPS) is 18.6. The van der Waals surface area contributed by atoms with E-state index in [9.17, 15) is 0 Å². The third-order valence-electron chi connectivity index (χ3n) is 2.36. The lowest BCUT2D eigenvalue weighted by Crippen LogP contribution is -3.01. The highest BCUT2D eigenvalue weighted by atomic mass is 15.1. The van der Waals surface area contributed by atoms with Gasteiger partial charge in [0, 0.05) is 11.6 Å². The van der Waals surface area contributed by atoms with Gasteiger partial charge in [0.2, 0.25) is 0 Å². The Morgan fingerprint density at radius 3 is 2.50 bits per heavy atom. The number of hydrogen-bond donors (Lipinski definition) is 1. The Balaban J connectivity index is 0.000000791. The molecule has 2 nitrogen and oxygen atoms in total. The summed E-state index contributed by atoms with van der Waals surface area (Å²) >= 11 is 0. The highest BCUT2D eigenvalue weighted by molar-refractivity contribution is 5.17. The Kier molecular flexibility index (Phi) is 7.87. The van der Waals surface area contributed by atoms with E-state index < -0.39 is 0 Å². The topological polar surface area (TPSA) is 28.2 Å². The number of rotatable bonds is 5. The lowest BCUT2D eigenvalue weighted by molar-refractivity contribution is -0.788. The summed E-state index contributed by atoms with van der Waals surface area (Å²) in [6.45, 7) is 10.5. The van der Waals surface area contributed by atoms with Crippen molar-refractivity contribution in [2.75, 3.05) is 6.54 Å².